The van der Waals surface area contributed by atoms with Crippen LogP contribution in [0.15, 0.2) is 59.8 Å². The number of piperidine rings is 1. The Kier molecular flexibility index (Phi) is 18.1. The third-order valence-corrected chi connectivity index (χ3v) is 15.2. The lowest BCUT2D eigenvalue weighted by atomic mass is 9.78. The Bertz CT molecular complexity index is 2250. The van der Waals surface area contributed by atoms with Crippen molar-refractivity contribution in [2.75, 3.05) is 41.1 Å². The molecule has 3 fully saturated rings. The second-order valence-electron chi connectivity index (χ2n) is 20.2. The number of rotatable bonds is 8. The zero-order valence-electron chi connectivity index (χ0n) is 50.5. The predicted molar refractivity (Wildman–Crippen MR) is 268 cm³/mol. The number of carbonyl (C=O) groups excluding carboxylic acids is 4. The van der Waals surface area contributed by atoms with E-state index in [4.69, 9.17) is 39.2 Å². The SMILES string of the molecule is [2H]C([2H])([2H])O[C@H]1C[C@@H]2CC([2H])([2H])[C@@H](C)[C@@](O)(O2)C(=O)C(=O)N2CCCC[C@H]2C(=O)O[C@H]([C@H](C)C[C@@H]2CC[C@@H](OP(C)(=O)C([2H])([2H])[2H])[C@H](OC)C2)CC(=O)[C@H](C)/C=C(\C)[C@@H](O)[C@@H](OC)C(=C)[C@H](C)C[C@H](C)/C=C/C=C/C=C/1C. The molecule has 390 valence electrons. The Hall–Kier alpha value is -3.07. The molecule has 0 radical (unpaired) electrons. The van der Waals surface area contributed by atoms with Crippen LogP contribution in [-0.4, -0.2) is 134 Å². The summed E-state index contributed by atoms with van der Waals surface area (Å²) in [6.07, 6.45) is 3.16. The summed E-state index contributed by atoms with van der Waals surface area (Å²) < 4.78 is 113. The molecule has 4 rings (SSSR count). The van der Waals surface area contributed by atoms with Crippen LogP contribution < -0.4 is 0 Å². The van der Waals surface area contributed by atoms with E-state index in [0.29, 0.717) is 61.7 Å². The van der Waals surface area contributed by atoms with Crippen molar-refractivity contribution in [2.45, 2.75) is 180 Å². The average Bonchev–Trinajstić information content (AvgIpc) is 3.33. The molecular weight excluding hydrogens is 902 g/mol. The van der Waals surface area contributed by atoms with E-state index in [9.17, 15) is 34.0 Å². The van der Waals surface area contributed by atoms with Crippen LogP contribution in [0.5, 0.6) is 0 Å². The van der Waals surface area contributed by atoms with E-state index in [1.54, 1.807) is 45.1 Å². The van der Waals surface area contributed by atoms with Gasteiger partial charge in [0.15, 0.2) is 7.37 Å². The number of esters is 1. The molecule has 14 nitrogen and oxygen atoms in total. The number of aliphatic hydroxyl groups is 2. The lowest BCUT2D eigenvalue weighted by molar-refractivity contribution is -0.265. The van der Waals surface area contributed by atoms with Crippen molar-refractivity contribution >= 4 is 30.8 Å². The summed E-state index contributed by atoms with van der Waals surface area (Å²) in [5, 5.41) is 23.8. The first-order valence-electron chi connectivity index (χ1n) is 28.6. The number of hydrogen-bond donors (Lipinski definition) is 2. The fraction of sp³-hybridized carbons (Fsp3) is 0.741. The Morgan fingerprint density at radius 2 is 1.71 bits per heavy atom. The zero-order valence-corrected chi connectivity index (χ0v) is 43.4. The van der Waals surface area contributed by atoms with E-state index in [-0.39, 0.29) is 49.3 Å². The van der Waals surface area contributed by atoms with Crippen LogP contribution >= 0.6 is 7.37 Å². The van der Waals surface area contributed by atoms with Crippen LogP contribution in [0.3, 0.4) is 0 Å². The number of allylic oxidation sites excluding steroid dienone is 6. The molecule has 0 aromatic rings. The highest BCUT2D eigenvalue weighted by molar-refractivity contribution is 7.57. The van der Waals surface area contributed by atoms with Gasteiger partial charge >= 0.3 is 5.97 Å². The van der Waals surface area contributed by atoms with E-state index in [1.165, 1.54) is 21.1 Å². The first-order valence-corrected chi connectivity index (χ1v) is 26.7. The van der Waals surface area contributed by atoms with Gasteiger partial charge in [-0.3, -0.25) is 18.9 Å². The second kappa shape index (κ2) is 26.6. The van der Waals surface area contributed by atoms with Crippen LogP contribution in [0.25, 0.3) is 0 Å². The number of ketones is 2. The van der Waals surface area contributed by atoms with Gasteiger partial charge in [-0.05, 0) is 118 Å². The highest BCUT2D eigenvalue weighted by Gasteiger charge is 2.53. The minimum Gasteiger partial charge on any atom is -0.460 e. The van der Waals surface area contributed by atoms with E-state index in [0.717, 1.165) is 11.6 Å². The molecule has 0 aromatic carbocycles. The van der Waals surface area contributed by atoms with Crippen molar-refractivity contribution in [1.82, 2.24) is 4.90 Å². The van der Waals surface area contributed by atoms with E-state index in [1.807, 2.05) is 32.9 Å². The number of hydrogen-bond acceptors (Lipinski definition) is 13. The molecule has 3 heterocycles. The molecule has 2 N–H and O–H groups in total. The van der Waals surface area contributed by atoms with Gasteiger partial charge in [-0.15, -0.1) is 0 Å². The van der Waals surface area contributed by atoms with Gasteiger partial charge in [0.1, 0.15) is 30.1 Å². The zero-order chi connectivity index (χ0) is 58.2. The largest absolute Gasteiger partial charge is 0.460 e. The second-order valence-corrected chi connectivity index (χ2v) is 22.1. The van der Waals surface area contributed by atoms with Crippen molar-refractivity contribution in [2.24, 2.45) is 35.5 Å². The topological polar surface area (TPSA) is 184 Å². The summed E-state index contributed by atoms with van der Waals surface area (Å²) in [6, 6.07) is -1.36. The molecule has 1 saturated carbocycles. The lowest BCUT2D eigenvalue weighted by Crippen LogP contribution is -2.61. The maximum atomic E-state index is 14.6. The predicted octanol–water partition coefficient (Wildman–Crippen LogP) is 8.73. The number of cyclic esters (lactones) is 1. The number of amides is 1. The van der Waals surface area contributed by atoms with Gasteiger partial charge in [-0.25, -0.2) is 4.79 Å². The fourth-order valence-corrected chi connectivity index (χ4v) is 10.9. The number of carbonyl (C=O) groups is 4. The van der Waals surface area contributed by atoms with Gasteiger partial charge in [-0.1, -0.05) is 77.7 Å². The summed E-state index contributed by atoms with van der Waals surface area (Å²) in [7, 11) is -4.02. The summed E-state index contributed by atoms with van der Waals surface area (Å²) in [5.41, 5.74) is 1.50. The highest BCUT2D eigenvalue weighted by atomic mass is 31.2. The molecule has 2 bridgehead atoms. The number of methoxy groups -OCH3 is 3. The Labute approximate surface area is 424 Å². The fourth-order valence-electron chi connectivity index (χ4n) is 10.2. The van der Waals surface area contributed by atoms with E-state index in [2.05, 4.69) is 6.58 Å². The summed E-state index contributed by atoms with van der Waals surface area (Å²) in [4.78, 5) is 59.0. The smallest absolute Gasteiger partial charge is 0.329 e. The molecule has 1 aliphatic carbocycles. The summed E-state index contributed by atoms with van der Waals surface area (Å²) in [5.74, 6) is -10.3. The van der Waals surface area contributed by atoms with E-state index >= 15 is 0 Å². The number of fused-ring (bicyclic) bond motifs is 3. The number of ether oxygens (including phenoxy) is 5. The van der Waals surface area contributed by atoms with Gasteiger partial charge in [0.2, 0.25) is 5.79 Å². The van der Waals surface area contributed by atoms with Crippen LogP contribution in [-0.2, 0) is 52.0 Å². The van der Waals surface area contributed by atoms with Crippen molar-refractivity contribution in [3.05, 3.63) is 59.8 Å². The molecule has 1 amide bonds. The third kappa shape index (κ3) is 16.2. The molecule has 16 atom stereocenters. The average molecular weight is 996 g/mol. The minimum atomic E-state index is -4.03. The molecule has 3 aliphatic heterocycles. The van der Waals surface area contributed by atoms with Crippen LogP contribution in [0.1, 0.15) is 136 Å². The lowest BCUT2D eigenvalue weighted by Gasteiger charge is -2.42. The van der Waals surface area contributed by atoms with Gasteiger partial charge in [-0.2, -0.15) is 0 Å². The van der Waals surface area contributed by atoms with E-state index < -0.39 is 124 Å². The first kappa shape index (κ1) is 47.0. The first-order chi connectivity index (χ1) is 35.6. The monoisotopic (exact) mass is 996 g/mol. The summed E-state index contributed by atoms with van der Waals surface area (Å²) >= 11 is 0. The number of aliphatic hydroxyl groups excluding tert-OH is 1. The van der Waals surface area contributed by atoms with Crippen molar-refractivity contribution < 1.29 is 73.1 Å². The third-order valence-electron chi connectivity index (χ3n) is 14.5. The van der Waals surface area contributed by atoms with Crippen LogP contribution in [0, 0.1) is 35.5 Å². The standard InChI is InChI=1S/C54H86NO13P/c1-33-19-15-14-16-20-34(2)46(63-9)31-42-24-22-39(7)54(61,67-42)51(58)52(59)55-26-18-17-21-43(55)53(60)66-47(37(5)29-41-23-25-45(48(30-41)64-10)68-69(12,13)62)32-44(56)36(4)28-38(6)49(57)50(65-11)40(8)35(3)27-33/h14-16,19-20,28,33,35-37,39,41-43,45-50,57,61H,8,17-18,21-27,29-32H2,1-7,9-13H3/b16-14+,19-15+,34-20+,38-28+/t33-,35-,36-,37-,39-,41+,42+,43+,45-,46+,47+,48-,49-,50+,54-/m1/s1/i9D3,12D3,22D2/t33-,35-,36-,37-,39-,41+,42+,43+,45-,46+,47+,48-,49-,50+,54-,69?. The molecule has 0 spiro atoms. The quantitative estimate of drug-likeness (QED) is 0.102. The van der Waals surface area contributed by atoms with Gasteiger partial charge < -0.3 is 43.3 Å². The van der Waals surface area contributed by atoms with Gasteiger partial charge in [0.25, 0.3) is 11.7 Å². The minimum absolute atomic E-state index is 0.0256. The van der Waals surface area contributed by atoms with Crippen LogP contribution in [0.2, 0.25) is 0 Å². The van der Waals surface area contributed by atoms with Crippen molar-refractivity contribution in [3.63, 3.8) is 0 Å². The maximum absolute atomic E-state index is 14.6. The maximum Gasteiger partial charge on any atom is 0.329 e. The van der Waals surface area contributed by atoms with Crippen molar-refractivity contribution in [3.8, 4) is 0 Å². The van der Waals surface area contributed by atoms with Crippen molar-refractivity contribution in [1.29, 1.82) is 0 Å². The molecule has 0 aromatic heterocycles. The highest BCUT2D eigenvalue weighted by Crippen LogP contribution is 2.45. The molecule has 15 heteroatoms. The molecule has 69 heavy (non-hydrogen) atoms. The number of Topliss-reactive ketones (excluding diaryl/α,β-unsaturated/α-hetero) is 2. The molecule has 2 saturated heterocycles. The normalized spacial score (nSPS) is 42.5. The summed E-state index contributed by atoms with van der Waals surface area (Å²) in [6.45, 7) is 14.5. The molecule has 1 unspecified atom stereocenters. The molecule has 4 aliphatic rings. The Morgan fingerprint density at radius 3 is 2.39 bits per heavy atom. The number of nitrogens with zero attached hydrogens (tertiary/aromatic N) is 1. The van der Waals surface area contributed by atoms with Crippen LogP contribution in [0.4, 0.5) is 0 Å². The Balaban J connectivity index is 1.77. The van der Waals surface area contributed by atoms with Gasteiger partial charge in [0.05, 0.1) is 28.5 Å². The Morgan fingerprint density at radius 1 is 0.971 bits per heavy atom. The molecular formula is C54H86NO13P. The van der Waals surface area contributed by atoms with Gasteiger partial charge in [0, 0.05) is 72.6 Å².